The number of ketones is 2. The van der Waals surface area contributed by atoms with Crippen molar-refractivity contribution >= 4 is 11.6 Å². The van der Waals surface area contributed by atoms with Gasteiger partial charge >= 0.3 is 0 Å². The van der Waals surface area contributed by atoms with Gasteiger partial charge in [-0.05, 0) is 17.4 Å². The van der Waals surface area contributed by atoms with Crippen molar-refractivity contribution < 1.29 is 9.59 Å². The Bertz CT molecular complexity index is 535. The quantitative estimate of drug-likeness (QED) is 0.628. The smallest absolute Gasteiger partial charge is 0.192 e. The zero-order valence-corrected chi connectivity index (χ0v) is 12.8. The third-order valence-electron chi connectivity index (χ3n) is 5.40. The van der Waals surface area contributed by atoms with Gasteiger partial charge in [0.05, 0.1) is 5.92 Å². The maximum absolute atomic E-state index is 12.8. The minimum absolute atomic E-state index is 0.0398. The van der Waals surface area contributed by atoms with Crippen molar-refractivity contribution in [2.75, 3.05) is 0 Å². The molecule has 108 valence electrons. The zero-order chi connectivity index (χ0) is 15.1. The molecule has 0 bridgehead atoms. The molecule has 1 aliphatic carbocycles. The molecule has 1 saturated carbocycles. The summed E-state index contributed by atoms with van der Waals surface area (Å²) < 4.78 is 0. The van der Waals surface area contributed by atoms with E-state index in [1.807, 2.05) is 20.8 Å². The van der Waals surface area contributed by atoms with E-state index >= 15 is 0 Å². The Kier molecular flexibility index (Phi) is 3.53. The highest BCUT2D eigenvalue weighted by Crippen LogP contribution is 2.57. The van der Waals surface area contributed by atoms with Crippen LogP contribution in [0.1, 0.15) is 51.5 Å². The van der Waals surface area contributed by atoms with Crippen LogP contribution in [0.15, 0.2) is 18.6 Å². The van der Waals surface area contributed by atoms with Gasteiger partial charge in [-0.15, -0.1) is 0 Å². The summed E-state index contributed by atoms with van der Waals surface area (Å²) in [6.07, 6.45) is 3.70. The highest BCUT2D eigenvalue weighted by Gasteiger charge is 2.61. The monoisotopic (exact) mass is 274 g/mol. The molecule has 1 fully saturated rings. The van der Waals surface area contributed by atoms with Crippen LogP contribution in [-0.4, -0.2) is 21.5 Å². The van der Waals surface area contributed by atoms with Crippen molar-refractivity contribution in [2.24, 2.45) is 22.7 Å². The van der Waals surface area contributed by atoms with Crippen LogP contribution < -0.4 is 0 Å². The van der Waals surface area contributed by atoms with Gasteiger partial charge in [0.2, 0.25) is 0 Å². The SMILES string of the molecule is CCC1C(C(=O)c2ccncn2)C(=O)C(C)(C)C1(C)C. The van der Waals surface area contributed by atoms with Crippen LogP contribution in [0.2, 0.25) is 0 Å². The molecule has 1 aromatic rings. The fourth-order valence-electron chi connectivity index (χ4n) is 3.41. The van der Waals surface area contributed by atoms with Gasteiger partial charge in [-0.2, -0.15) is 0 Å². The van der Waals surface area contributed by atoms with Crippen molar-refractivity contribution in [1.82, 2.24) is 9.97 Å². The Hall–Kier alpha value is -1.58. The molecular formula is C16H22N2O2. The molecule has 0 aliphatic heterocycles. The summed E-state index contributed by atoms with van der Waals surface area (Å²) in [5.74, 6) is -0.659. The highest BCUT2D eigenvalue weighted by atomic mass is 16.2. The van der Waals surface area contributed by atoms with Crippen molar-refractivity contribution in [3.63, 3.8) is 0 Å². The van der Waals surface area contributed by atoms with Crippen molar-refractivity contribution in [3.05, 3.63) is 24.3 Å². The first-order valence-electron chi connectivity index (χ1n) is 7.09. The molecule has 0 N–H and O–H groups in total. The molecule has 0 saturated heterocycles. The van der Waals surface area contributed by atoms with E-state index < -0.39 is 11.3 Å². The lowest BCUT2D eigenvalue weighted by Gasteiger charge is -2.37. The van der Waals surface area contributed by atoms with Crippen molar-refractivity contribution in [1.29, 1.82) is 0 Å². The van der Waals surface area contributed by atoms with E-state index in [1.54, 1.807) is 6.07 Å². The van der Waals surface area contributed by atoms with Crippen LogP contribution in [0.25, 0.3) is 0 Å². The number of carbonyl (C=O) groups excluding carboxylic acids is 2. The van der Waals surface area contributed by atoms with E-state index in [4.69, 9.17) is 0 Å². The van der Waals surface area contributed by atoms with Crippen LogP contribution in [-0.2, 0) is 4.79 Å². The number of carbonyl (C=O) groups is 2. The maximum Gasteiger partial charge on any atom is 0.192 e. The third kappa shape index (κ3) is 1.89. The fraction of sp³-hybridized carbons (Fsp3) is 0.625. The maximum atomic E-state index is 12.8. The Morgan fingerprint density at radius 2 is 1.95 bits per heavy atom. The van der Waals surface area contributed by atoms with Crippen molar-refractivity contribution in [2.45, 2.75) is 41.0 Å². The normalized spacial score (nSPS) is 27.6. The Balaban J connectivity index is 2.46. The Morgan fingerprint density at radius 1 is 1.30 bits per heavy atom. The molecule has 0 amide bonds. The predicted octanol–water partition coefficient (Wildman–Crippen LogP) is 2.94. The molecule has 0 aromatic carbocycles. The second-order valence-corrected chi connectivity index (χ2v) is 6.66. The molecule has 1 heterocycles. The van der Waals surface area contributed by atoms with Crippen LogP contribution in [0.4, 0.5) is 0 Å². The standard InChI is InChI=1S/C16H22N2O2/c1-6-10-12(13(19)11-7-8-17-9-18-11)14(20)16(4,5)15(10,2)3/h7-10,12H,6H2,1-5H3. The summed E-state index contributed by atoms with van der Waals surface area (Å²) in [6, 6.07) is 1.58. The fourth-order valence-corrected chi connectivity index (χ4v) is 3.41. The predicted molar refractivity (Wildman–Crippen MR) is 76.2 cm³/mol. The number of rotatable bonds is 3. The molecule has 1 aromatic heterocycles. The summed E-state index contributed by atoms with van der Waals surface area (Å²) in [7, 11) is 0. The molecule has 0 spiro atoms. The van der Waals surface area contributed by atoms with Crippen LogP contribution in [0.5, 0.6) is 0 Å². The Morgan fingerprint density at radius 3 is 2.45 bits per heavy atom. The van der Waals surface area contributed by atoms with Gasteiger partial charge in [-0.25, -0.2) is 9.97 Å². The van der Waals surface area contributed by atoms with Gasteiger partial charge in [0.15, 0.2) is 5.78 Å². The highest BCUT2D eigenvalue weighted by molar-refractivity contribution is 6.13. The van der Waals surface area contributed by atoms with Crippen LogP contribution in [0.3, 0.4) is 0 Å². The van der Waals surface area contributed by atoms with E-state index in [2.05, 4.69) is 23.8 Å². The van der Waals surface area contributed by atoms with Crippen molar-refractivity contribution in [3.8, 4) is 0 Å². The average Bonchev–Trinajstić information content (AvgIpc) is 2.56. The lowest BCUT2D eigenvalue weighted by atomic mass is 9.66. The second kappa shape index (κ2) is 4.76. The molecule has 0 radical (unpaired) electrons. The minimum atomic E-state index is -0.583. The summed E-state index contributed by atoms with van der Waals surface area (Å²) in [5.41, 5.74) is -0.363. The summed E-state index contributed by atoms with van der Waals surface area (Å²) in [4.78, 5) is 33.3. The van der Waals surface area contributed by atoms with E-state index in [1.165, 1.54) is 12.5 Å². The molecule has 2 atom stereocenters. The molecular weight excluding hydrogens is 252 g/mol. The van der Waals surface area contributed by atoms with Gasteiger partial charge in [0, 0.05) is 11.6 Å². The molecule has 4 heteroatoms. The lowest BCUT2D eigenvalue weighted by molar-refractivity contribution is -0.128. The van der Waals surface area contributed by atoms with Gasteiger partial charge in [-0.1, -0.05) is 41.0 Å². The summed E-state index contributed by atoms with van der Waals surface area (Å²) >= 11 is 0. The number of hydrogen-bond donors (Lipinski definition) is 0. The molecule has 4 nitrogen and oxygen atoms in total. The van der Waals surface area contributed by atoms with Gasteiger partial charge in [-0.3, -0.25) is 9.59 Å². The second-order valence-electron chi connectivity index (χ2n) is 6.66. The first-order valence-corrected chi connectivity index (χ1v) is 7.09. The molecule has 2 rings (SSSR count). The van der Waals surface area contributed by atoms with E-state index in [0.717, 1.165) is 6.42 Å². The first kappa shape index (κ1) is 14.8. The number of Topliss-reactive ketones (excluding diaryl/α,β-unsaturated/α-hetero) is 2. The molecule has 1 aliphatic rings. The topological polar surface area (TPSA) is 59.9 Å². The lowest BCUT2D eigenvalue weighted by Crippen LogP contribution is -2.34. The summed E-state index contributed by atoms with van der Waals surface area (Å²) in [6.45, 7) is 10.1. The first-order chi connectivity index (χ1) is 9.25. The molecule has 2 unspecified atom stereocenters. The minimum Gasteiger partial charge on any atom is -0.298 e. The largest absolute Gasteiger partial charge is 0.298 e. The third-order valence-corrected chi connectivity index (χ3v) is 5.40. The number of aromatic nitrogens is 2. The van der Waals surface area contributed by atoms with Gasteiger partial charge in [0.25, 0.3) is 0 Å². The van der Waals surface area contributed by atoms with Gasteiger partial charge < -0.3 is 0 Å². The summed E-state index contributed by atoms with van der Waals surface area (Å²) in [5, 5.41) is 0. The van der Waals surface area contributed by atoms with Crippen LogP contribution >= 0.6 is 0 Å². The average molecular weight is 274 g/mol. The Labute approximate surface area is 120 Å². The van der Waals surface area contributed by atoms with E-state index in [-0.39, 0.29) is 22.9 Å². The molecule has 20 heavy (non-hydrogen) atoms. The van der Waals surface area contributed by atoms with Crippen LogP contribution in [0, 0.1) is 22.7 Å². The number of nitrogens with zero attached hydrogens (tertiary/aromatic N) is 2. The zero-order valence-electron chi connectivity index (χ0n) is 12.8. The number of hydrogen-bond acceptors (Lipinski definition) is 4. The van der Waals surface area contributed by atoms with E-state index in [9.17, 15) is 9.59 Å². The van der Waals surface area contributed by atoms with E-state index in [0.29, 0.717) is 5.69 Å². The van der Waals surface area contributed by atoms with Gasteiger partial charge in [0.1, 0.15) is 17.8 Å².